The SMILES string of the molecule is C=C(C)C[C@H](OC)[C@@H](O[Si](c1ccccc1)(c1ccccc1)C(C)(C)C)C(=O)N/C=C/CCCC(C)O. The molecule has 2 aromatic carbocycles. The van der Waals surface area contributed by atoms with Gasteiger partial charge in [0.1, 0.15) is 0 Å². The molecule has 37 heavy (non-hydrogen) atoms. The number of unbranched alkanes of at least 4 members (excludes halogenated alkanes) is 1. The van der Waals surface area contributed by atoms with E-state index < -0.39 is 20.5 Å². The van der Waals surface area contributed by atoms with Crippen molar-refractivity contribution in [3.8, 4) is 0 Å². The average Bonchev–Trinajstić information content (AvgIpc) is 2.85. The minimum absolute atomic E-state index is 0.243. The van der Waals surface area contributed by atoms with Gasteiger partial charge in [0.2, 0.25) is 0 Å². The number of hydrogen-bond acceptors (Lipinski definition) is 4. The number of amides is 1. The molecule has 0 spiro atoms. The van der Waals surface area contributed by atoms with Crippen molar-refractivity contribution in [1.82, 2.24) is 5.32 Å². The molecule has 0 radical (unpaired) electrons. The second kappa shape index (κ2) is 14.4. The van der Waals surface area contributed by atoms with E-state index in [1.165, 1.54) is 0 Å². The van der Waals surface area contributed by atoms with Crippen LogP contribution in [0.15, 0.2) is 85.1 Å². The van der Waals surface area contributed by atoms with Crippen LogP contribution in [0, 0.1) is 0 Å². The molecule has 1 unspecified atom stereocenters. The second-order valence-electron chi connectivity index (χ2n) is 10.8. The molecule has 0 aromatic heterocycles. The molecule has 202 valence electrons. The summed E-state index contributed by atoms with van der Waals surface area (Å²) in [6.45, 7) is 14.4. The maximum atomic E-state index is 13.7. The lowest BCUT2D eigenvalue weighted by Crippen LogP contribution is -2.69. The van der Waals surface area contributed by atoms with Gasteiger partial charge in [0.05, 0.1) is 12.2 Å². The number of aliphatic hydroxyl groups excluding tert-OH is 1. The van der Waals surface area contributed by atoms with Crippen LogP contribution in [0.3, 0.4) is 0 Å². The van der Waals surface area contributed by atoms with Crippen LogP contribution in [0.5, 0.6) is 0 Å². The summed E-state index contributed by atoms with van der Waals surface area (Å²) in [7, 11) is -1.38. The standard InChI is InChI=1S/C31H45NO4Si/c1-24(2)23-28(35-7)29(30(34)32-22-16-10-11-17-25(3)33)36-37(31(4,5)6,26-18-12-8-13-19-26)27-20-14-9-15-21-27/h8-9,12-16,18-22,25,28-29,33H,1,10-11,17,23H2,2-7H3,(H,32,34)/b22-16+/t25?,28-,29+/m0/s1. The summed E-state index contributed by atoms with van der Waals surface area (Å²) < 4.78 is 13.1. The van der Waals surface area contributed by atoms with E-state index in [0.717, 1.165) is 35.2 Å². The van der Waals surface area contributed by atoms with Crippen molar-refractivity contribution in [3.63, 3.8) is 0 Å². The van der Waals surface area contributed by atoms with Crippen LogP contribution in [-0.2, 0) is 14.0 Å². The number of methoxy groups -OCH3 is 1. The Kier molecular flexibility index (Phi) is 12.0. The first kappa shape index (κ1) is 30.7. The fourth-order valence-electron chi connectivity index (χ4n) is 4.68. The van der Waals surface area contributed by atoms with Crippen LogP contribution in [0.2, 0.25) is 5.04 Å². The minimum Gasteiger partial charge on any atom is -0.393 e. The lowest BCUT2D eigenvalue weighted by molar-refractivity contribution is -0.134. The van der Waals surface area contributed by atoms with Crippen molar-refractivity contribution in [2.75, 3.05) is 7.11 Å². The summed E-state index contributed by atoms with van der Waals surface area (Å²) in [6.07, 6.45) is 4.77. The van der Waals surface area contributed by atoms with Crippen molar-refractivity contribution < 1.29 is 19.1 Å². The quantitative estimate of drug-likeness (QED) is 0.206. The van der Waals surface area contributed by atoms with Gasteiger partial charge < -0.3 is 19.6 Å². The van der Waals surface area contributed by atoms with Gasteiger partial charge in [-0.25, -0.2) is 0 Å². The molecule has 0 aliphatic rings. The first-order valence-electron chi connectivity index (χ1n) is 13.1. The first-order valence-corrected chi connectivity index (χ1v) is 15.0. The van der Waals surface area contributed by atoms with E-state index in [2.05, 4.69) is 56.9 Å². The van der Waals surface area contributed by atoms with Crippen molar-refractivity contribution in [2.45, 2.75) is 83.7 Å². The Labute approximate surface area is 224 Å². The van der Waals surface area contributed by atoms with E-state index in [1.54, 1.807) is 20.2 Å². The maximum Gasteiger partial charge on any atom is 0.262 e. The Morgan fingerprint density at radius 1 is 1.08 bits per heavy atom. The number of carbonyl (C=O) groups is 1. The molecule has 1 amide bonds. The summed E-state index contributed by atoms with van der Waals surface area (Å²) >= 11 is 0. The molecule has 0 bridgehead atoms. The number of ether oxygens (including phenoxy) is 1. The van der Waals surface area contributed by atoms with Gasteiger partial charge in [0.15, 0.2) is 6.10 Å². The molecule has 0 saturated heterocycles. The first-order chi connectivity index (χ1) is 17.5. The van der Waals surface area contributed by atoms with Crippen molar-refractivity contribution in [3.05, 3.63) is 85.1 Å². The molecule has 0 heterocycles. The van der Waals surface area contributed by atoms with Crippen LogP contribution in [0.25, 0.3) is 0 Å². The molecule has 2 N–H and O–H groups in total. The Morgan fingerprint density at radius 3 is 2.05 bits per heavy atom. The normalized spacial score (nSPS) is 14.8. The fraction of sp³-hybridized carbons (Fsp3) is 0.452. The molecule has 6 heteroatoms. The van der Waals surface area contributed by atoms with Gasteiger partial charge in [-0.1, -0.05) is 93.1 Å². The van der Waals surface area contributed by atoms with E-state index in [9.17, 15) is 9.90 Å². The minimum atomic E-state index is -3.00. The topological polar surface area (TPSA) is 67.8 Å². The van der Waals surface area contributed by atoms with Gasteiger partial charge in [-0.05, 0) is 61.1 Å². The molecule has 5 nitrogen and oxygen atoms in total. The summed E-state index contributed by atoms with van der Waals surface area (Å²) in [5.41, 5.74) is 0.921. The van der Waals surface area contributed by atoms with E-state index in [0.29, 0.717) is 6.42 Å². The van der Waals surface area contributed by atoms with Crippen LogP contribution in [0.1, 0.15) is 60.3 Å². The summed E-state index contributed by atoms with van der Waals surface area (Å²) in [5, 5.41) is 14.3. The number of allylic oxidation sites excluding steroid dienone is 1. The number of benzene rings is 2. The van der Waals surface area contributed by atoms with E-state index >= 15 is 0 Å². The van der Waals surface area contributed by atoms with E-state index in [4.69, 9.17) is 9.16 Å². The van der Waals surface area contributed by atoms with E-state index in [-0.39, 0.29) is 17.0 Å². The molecule has 2 rings (SSSR count). The Hall–Kier alpha value is -2.51. The third-order valence-corrected chi connectivity index (χ3v) is 11.5. The van der Waals surface area contributed by atoms with Crippen LogP contribution < -0.4 is 15.7 Å². The third kappa shape index (κ3) is 8.50. The highest BCUT2D eigenvalue weighted by Gasteiger charge is 2.53. The predicted molar refractivity (Wildman–Crippen MR) is 156 cm³/mol. The Balaban J connectivity index is 2.54. The van der Waals surface area contributed by atoms with E-state index in [1.807, 2.05) is 49.4 Å². The largest absolute Gasteiger partial charge is 0.393 e. The molecule has 0 aliphatic carbocycles. The number of aliphatic hydroxyl groups is 1. The van der Waals surface area contributed by atoms with Crippen LogP contribution in [-0.4, -0.2) is 44.8 Å². The fourth-order valence-corrected chi connectivity index (χ4v) is 9.33. The molecular weight excluding hydrogens is 478 g/mol. The smallest absolute Gasteiger partial charge is 0.262 e. The summed E-state index contributed by atoms with van der Waals surface area (Å²) in [6, 6.07) is 20.6. The monoisotopic (exact) mass is 523 g/mol. The average molecular weight is 524 g/mol. The van der Waals surface area contributed by atoms with Crippen LogP contribution >= 0.6 is 0 Å². The van der Waals surface area contributed by atoms with Gasteiger partial charge in [0.25, 0.3) is 14.2 Å². The summed E-state index contributed by atoms with van der Waals surface area (Å²) in [5.74, 6) is -0.243. The number of rotatable bonds is 14. The Morgan fingerprint density at radius 2 is 1.62 bits per heavy atom. The lowest BCUT2D eigenvalue weighted by atomic mass is 10.1. The molecular formula is C31H45NO4Si. The zero-order valence-electron chi connectivity index (χ0n) is 23.4. The van der Waals surface area contributed by atoms with Gasteiger partial charge in [-0.3, -0.25) is 4.79 Å². The molecule has 0 fully saturated rings. The van der Waals surface area contributed by atoms with Gasteiger partial charge in [0, 0.05) is 7.11 Å². The highest BCUT2D eigenvalue weighted by atomic mass is 28.4. The number of carbonyl (C=O) groups excluding carboxylic acids is 1. The lowest BCUT2D eigenvalue weighted by Gasteiger charge is -2.45. The van der Waals surface area contributed by atoms with Crippen LogP contribution in [0.4, 0.5) is 0 Å². The highest BCUT2D eigenvalue weighted by molar-refractivity contribution is 6.99. The van der Waals surface area contributed by atoms with Crippen molar-refractivity contribution in [1.29, 1.82) is 0 Å². The summed E-state index contributed by atoms with van der Waals surface area (Å²) in [4.78, 5) is 13.7. The van der Waals surface area contributed by atoms with Crippen molar-refractivity contribution in [2.24, 2.45) is 0 Å². The van der Waals surface area contributed by atoms with Gasteiger partial charge in [-0.2, -0.15) is 0 Å². The van der Waals surface area contributed by atoms with Gasteiger partial charge in [-0.15, -0.1) is 6.58 Å². The third-order valence-electron chi connectivity index (χ3n) is 6.51. The number of nitrogens with one attached hydrogen (secondary N) is 1. The maximum absolute atomic E-state index is 13.7. The van der Waals surface area contributed by atoms with Gasteiger partial charge >= 0.3 is 0 Å². The molecule has 0 saturated carbocycles. The molecule has 3 atom stereocenters. The Bertz CT molecular complexity index is 959. The molecule has 2 aromatic rings. The molecule has 0 aliphatic heterocycles. The number of hydrogen-bond donors (Lipinski definition) is 2. The second-order valence-corrected chi connectivity index (χ2v) is 15.1. The predicted octanol–water partition coefficient (Wildman–Crippen LogP) is 5.09. The van der Waals surface area contributed by atoms with Crippen molar-refractivity contribution >= 4 is 24.6 Å². The highest BCUT2D eigenvalue weighted by Crippen LogP contribution is 2.38. The zero-order valence-corrected chi connectivity index (χ0v) is 24.4. The zero-order chi connectivity index (χ0) is 27.5.